The molecule has 1 fully saturated rings. The van der Waals surface area contributed by atoms with Gasteiger partial charge in [-0.15, -0.1) is 0 Å². The van der Waals surface area contributed by atoms with E-state index in [1.165, 1.54) is 0 Å². The lowest BCUT2D eigenvalue weighted by Gasteiger charge is -2.40. The molecular formula is C14H27NO6. The van der Waals surface area contributed by atoms with Gasteiger partial charge < -0.3 is 30.9 Å². The van der Waals surface area contributed by atoms with Crippen LogP contribution in [0.4, 0.5) is 0 Å². The first-order valence-electron chi connectivity index (χ1n) is 7.56. The number of hydrogen-bond donors (Lipinski definition) is 5. The van der Waals surface area contributed by atoms with Crippen molar-refractivity contribution in [1.82, 2.24) is 0 Å². The maximum atomic E-state index is 11.9. The number of hydrogen-bond acceptors (Lipinski definition) is 7. The van der Waals surface area contributed by atoms with E-state index in [2.05, 4.69) is 6.92 Å². The number of aliphatic hydroxyl groups excluding tert-OH is 4. The van der Waals surface area contributed by atoms with Crippen LogP contribution in [0.2, 0.25) is 0 Å². The highest BCUT2D eigenvalue weighted by molar-refractivity contribution is 5.83. The fourth-order valence-electron chi connectivity index (χ4n) is 2.43. The molecule has 0 amide bonds. The van der Waals surface area contributed by atoms with Crippen LogP contribution >= 0.6 is 0 Å². The van der Waals surface area contributed by atoms with Crippen LogP contribution in [0, 0.1) is 0 Å². The maximum Gasteiger partial charge on any atom is 0.164 e. The molecule has 6 unspecified atom stereocenters. The summed E-state index contributed by atoms with van der Waals surface area (Å²) in [4.78, 5) is 11.9. The van der Waals surface area contributed by atoms with Crippen molar-refractivity contribution in [3.63, 3.8) is 0 Å². The Kier molecular flexibility index (Phi) is 7.72. The van der Waals surface area contributed by atoms with Crippen LogP contribution in [0.25, 0.3) is 0 Å². The fraction of sp³-hybridized carbons (Fsp3) is 0.929. The second kappa shape index (κ2) is 8.77. The molecule has 0 aliphatic carbocycles. The third-order valence-corrected chi connectivity index (χ3v) is 3.86. The Labute approximate surface area is 124 Å². The summed E-state index contributed by atoms with van der Waals surface area (Å²) in [5, 5.41) is 38.8. The molecule has 1 aliphatic heterocycles. The molecule has 0 spiro atoms. The SMILES string of the molecule is CCCCCCCC(=O)C(O)C1OC(N)C(O)C(O)C1O. The van der Waals surface area contributed by atoms with Gasteiger partial charge in [0, 0.05) is 6.42 Å². The lowest BCUT2D eigenvalue weighted by atomic mass is 9.92. The normalized spacial score (nSPS) is 34.7. The summed E-state index contributed by atoms with van der Waals surface area (Å²) in [6.07, 6.45) is -3.67. The Bertz CT molecular complexity index is 327. The Morgan fingerprint density at radius 2 is 1.71 bits per heavy atom. The Hall–Kier alpha value is -0.570. The minimum Gasteiger partial charge on any atom is -0.387 e. The van der Waals surface area contributed by atoms with Gasteiger partial charge in [-0.1, -0.05) is 32.6 Å². The molecule has 0 saturated carbocycles. The molecule has 6 atom stereocenters. The second-order valence-corrected chi connectivity index (χ2v) is 5.61. The van der Waals surface area contributed by atoms with Crippen LogP contribution in [0.5, 0.6) is 0 Å². The van der Waals surface area contributed by atoms with E-state index >= 15 is 0 Å². The maximum absolute atomic E-state index is 11.9. The first-order valence-corrected chi connectivity index (χ1v) is 7.56. The average Bonchev–Trinajstić information content (AvgIpc) is 2.47. The van der Waals surface area contributed by atoms with Crippen molar-refractivity contribution >= 4 is 5.78 Å². The summed E-state index contributed by atoms with van der Waals surface area (Å²) < 4.78 is 5.06. The van der Waals surface area contributed by atoms with Gasteiger partial charge in [0.05, 0.1) is 0 Å². The molecule has 1 saturated heterocycles. The number of nitrogens with two attached hydrogens (primary N) is 1. The summed E-state index contributed by atoms with van der Waals surface area (Å²) in [7, 11) is 0. The highest BCUT2D eigenvalue weighted by atomic mass is 16.6. The number of carbonyl (C=O) groups excluding carboxylic acids is 1. The van der Waals surface area contributed by atoms with Gasteiger partial charge in [0.25, 0.3) is 0 Å². The van der Waals surface area contributed by atoms with Gasteiger partial charge in [-0.05, 0) is 6.42 Å². The molecule has 1 rings (SSSR count). The molecule has 7 heteroatoms. The third kappa shape index (κ3) is 4.98. The van der Waals surface area contributed by atoms with Crippen LogP contribution in [0.1, 0.15) is 45.4 Å². The van der Waals surface area contributed by atoms with Crippen molar-refractivity contribution in [2.45, 2.75) is 82.2 Å². The lowest BCUT2D eigenvalue weighted by Crippen LogP contribution is -2.64. The summed E-state index contributed by atoms with van der Waals surface area (Å²) in [5.41, 5.74) is 5.45. The molecule has 0 aromatic carbocycles. The molecule has 0 aromatic heterocycles. The number of unbranched alkanes of at least 4 members (excludes halogenated alkanes) is 4. The predicted octanol–water partition coefficient (Wildman–Crippen LogP) is -0.957. The van der Waals surface area contributed by atoms with Crippen LogP contribution in [-0.4, -0.2) is 63.0 Å². The quantitative estimate of drug-likeness (QED) is 0.365. The topological polar surface area (TPSA) is 133 Å². The van der Waals surface area contributed by atoms with Gasteiger partial charge in [0.2, 0.25) is 0 Å². The van der Waals surface area contributed by atoms with Gasteiger partial charge in [-0.2, -0.15) is 0 Å². The Morgan fingerprint density at radius 1 is 1.10 bits per heavy atom. The second-order valence-electron chi connectivity index (χ2n) is 5.61. The average molecular weight is 305 g/mol. The minimum absolute atomic E-state index is 0.186. The molecule has 7 nitrogen and oxygen atoms in total. The Balaban J connectivity index is 2.45. The van der Waals surface area contributed by atoms with Crippen LogP contribution in [-0.2, 0) is 9.53 Å². The monoisotopic (exact) mass is 305 g/mol. The van der Waals surface area contributed by atoms with Crippen molar-refractivity contribution in [2.24, 2.45) is 5.73 Å². The van der Waals surface area contributed by atoms with Gasteiger partial charge in [-0.25, -0.2) is 0 Å². The van der Waals surface area contributed by atoms with E-state index in [1.54, 1.807) is 0 Å². The van der Waals surface area contributed by atoms with Gasteiger partial charge >= 0.3 is 0 Å². The molecule has 0 aromatic rings. The minimum atomic E-state index is -1.56. The summed E-state index contributed by atoms with van der Waals surface area (Å²) in [6, 6.07) is 0. The van der Waals surface area contributed by atoms with E-state index < -0.39 is 42.5 Å². The Morgan fingerprint density at radius 3 is 2.33 bits per heavy atom. The number of aliphatic hydroxyl groups is 4. The van der Waals surface area contributed by atoms with Crippen LogP contribution in [0.3, 0.4) is 0 Å². The third-order valence-electron chi connectivity index (χ3n) is 3.86. The van der Waals surface area contributed by atoms with E-state index in [0.717, 1.165) is 25.7 Å². The van der Waals surface area contributed by atoms with Gasteiger partial charge in [-0.3, -0.25) is 4.79 Å². The zero-order valence-corrected chi connectivity index (χ0v) is 12.4. The number of ketones is 1. The van der Waals surface area contributed by atoms with Crippen molar-refractivity contribution < 1.29 is 30.0 Å². The smallest absolute Gasteiger partial charge is 0.164 e. The summed E-state index contributed by atoms with van der Waals surface area (Å²) >= 11 is 0. The molecule has 1 heterocycles. The molecule has 0 radical (unpaired) electrons. The molecule has 1 aliphatic rings. The lowest BCUT2D eigenvalue weighted by molar-refractivity contribution is -0.239. The van der Waals surface area contributed by atoms with Crippen molar-refractivity contribution in [3.8, 4) is 0 Å². The summed E-state index contributed by atoms with van der Waals surface area (Å²) in [6.45, 7) is 2.10. The fourth-order valence-corrected chi connectivity index (χ4v) is 2.43. The van der Waals surface area contributed by atoms with E-state index in [-0.39, 0.29) is 6.42 Å². The van der Waals surface area contributed by atoms with Crippen molar-refractivity contribution in [1.29, 1.82) is 0 Å². The standard InChI is InChI=1S/C14H27NO6/c1-2-3-4-5-6-7-8(16)9(17)13-11(19)10(18)12(20)14(15)21-13/h9-14,17-20H,2-7,15H2,1H3. The molecular weight excluding hydrogens is 278 g/mol. The highest BCUT2D eigenvalue weighted by Gasteiger charge is 2.46. The number of carbonyl (C=O) groups is 1. The first kappa shape index (κ1) is 18.5. The van der Waals surface area contributed by atoms with Gasteiger partial charge in [0.1, 0.15) is 36.7 Å². The number of rotatable bonds is 8. The first-order chi connectivity index (χ1) is 9.90. The van der Waals surface area contributed by atoms with Gasteiger partial charge in [0.15, 0.2) is 5.78 Å². The number of ether oxygens (including phenoxy) is 1. The summed E-state index contributed by atoms with van der Waals surface area (Å²) in [5.74, 6) is -0.452. The molecule has 0 bridgehead atoms. The largest absolute Gasteiger partial charge is 0.387 e. The molecule has 124 valence electrons. The highest BCUT2D eigenvalue weighted by Crippen LogP contribution is 2.22. The van der Waals surface area contributed by atoms with E-state index in [1.807, 2.05) is 0 Å². The molecule has 6 N–H and O–H groups in total. The number of Topliss-reactive ketones (excluding diaryl/α,β-unsaturated/α-hetero) is 1. The van der Waals surface area contributed by atoms with Crippen molar-refractivity contribution in [3.05, 3.63) is 0 Å². The predicted molar refractivity (Wildman–Crippen MR) is 75.3 cm³/mol. The van der Waals surface area contributed by atoms with E-state index in [9.17, 15) is 25.2 Å². The van der Waals surface area contributed by atoms with Crippen molar-refractivity contribution in [2.75, 3.05) is 0 Å². The zero-order chi connectivity index (χ0) is 16.0. The zero-order valence-electron chi connectivity index (χ0n) is 12.4. The van der Waals surface area contributed by atoms with Crippen LogP contribution in [0.15, 0.2) is 0 Å². The molecule has 21 heavy (non-hydrogen) atoms. The van der Waals surface area contributed by atoms with E-state index in [0.29, 0.717) is 6.42 Å². The van der Waals surface area contributed by atoms with Crippen LogP contribution < -0.4 is 5.73 Å². The van der Waals surface area contributed by atoms with E-state index in [4.69, 9.17) is 10.5 Å².